The lowest BCUT2D eigenvalue weighted by Gasteiger charge is -2.12. The molecule has 128 valence electrons. The number of benzene rings is 2. The normalized spacial score (nSPS) is 10.3. The Morgan fingerprint density at radius 1 is 1.12 bits per heavy atom. The molecule has 2 N–H and O–H groups in total. The van der Waals surface area contributed by atoms with Gasteiger partial charge >= 0.3 is 0 Å². The van der Waals surface area contributed by atoms with E-state index < -0.39 is 0 Å². The van der Waals surface area contributed by atoms with Gasteiger partial charge in [-0.3, -0.25) is 4.79 Å². The molecule has 0 saturated heterocycles. The zero-order valence-electron chi connectivity index (χ0n) is 14.7. The first-order valence-corrected chi connectivity index (χ1v) is 8.42. The summed E-state index contributed by atoms with van der Waals surface area (Å²) >= 11 is 0. The Morgan fingerprint density at radius 2 is 1.96 bits per heavy atom. The van der Waals surface area contributed by atoms with Crippen molar-refractivity contribution in [2.45, 2.75) is 33.6 Å². The first kappa shape index (κ1) is 17.9. The molecule has 2 aromatic rings. The van der Waals surface area contributed by atoms with E-state index in [0.29, 0.717) is 6.61 Å². The van der Waals surface area contributed by atoms with Crippen molar-refractivity contribution in [1.29, 1.82) is 0 Å². The summed E-state index contributed by atoms with van der Waals surface area (Å²) in [6.45, 7) is 7.11. The second-order valence-electron chi connectivity index (χ2n) is 5.95. The molecule has 0 aromatic heterocycles. The van der Waals surface area contributed by atoms with Crippen LogP contribution in [-0.4, -0.2) is 19.1 Å². The lowest BCUT2D eigenvalue weighted by molar-refractivity contribution is -0.114. The maximum atomic E-state index is 12.1. The first-order valence-electron chi connectivity index (χ1n) is 8.42. The smallest absolute Gasteiger partial charge is 0.243 e. The fourth-order valence-corrected chi connectivity index (χ4v) is 2.30. The van der Waals surface area contributed by atoms with Crippen LogP contribution in [0.25, 0.3) is 0 Å². The predicted molar refractivity (Wildman–Crippen MR) is 99.9 cm³/mol. The topological polar surface area (TPSA) is 50.4 Å². The summed E-state index contributed by atoms with van der Waals surface area (Å²) in [6.07, 6.45) is 2.12. The molecule has 0 atom stereocenters. The van der Waals surface area contributed by atoms with Crippen LogP contribution >= 0.6 is 0 Å². The van der Waals surface area contributed by atoms with Gasteiger partial charge in [0.15, 0.2) is 0 Å². The van der Waals surface area contributed by atoms with Crippen molar-refractivity contribution in [1.82, 2.24) is 0 Å². The van der Waals surface area contributed by atoms with Crippen molar-refractivity contribution in [2.24, 2.45) is 0 Å². The Balaban J connectivity index is 1.88. The standard InChI is InChI=1S/C20H26N2O2/c1-4-5-11-24-18-8-6-7-17(13-18)22-20(23)14-21-19-12-15(2)9-10-16(19)3/h6-10,12-13,21H,4-5,11,14H2,1-3H3,(H,22,23). The van der Waals surface area contributed by atoms with Gasteiger partial charge in [-0.05, 0) is 49.6 Å². The lowest BCUT2D eigenvalue weighted by Crippen LogP contribution is -2.22. The average molecular weight is 326 g/mol. The van der Waals surface area contributed by atoms with Gasteiger partial charge in [-0.2, -0.15) is 0 Å². The second kappa shape index (κ2) is 8.96. The van der Waals surface area contributed by atoms with Crippen LogP contribution in [0.15, 0.2) is 42.5 Å². The van der Waals surface area contributed by atoms with Crippen molar-refractivity contribution < 1.29 is 9.53 Å². The number of amides is 1. The minimum absolute atomic E-state index is 0.0818. The molecule has 0 saturated carbocycles. The van der Waals surface area contributed by atoms with E-state index >= 15 is 0 Å². The van der Waals surface area contributed by atoms with E-state index in [4.69, 9.17) is 4.74 Å². The maximum absolute atomic E-state index is 12.1. The highest BCUT2D eigenvalue weighted by atomic mass is 16.5. The number of anilines is 2. The van der Waals surface area contributed by atoms with Gasteiger partial charge in [-0.25, -0.2) is 0 Å². The molecule has 4 nitrogen and oxygen atoms in total. The number of carbonyl (C=O) groups excluding carboxylic acids is 1. The molecule has 0 aliphatic heterocycles. The fourth-order valence-electron chi connectivity index (χ4n) is 2.30. The Morgan fingerprint density at radius 3 is 2.75 bits per heavy atom. The van der Waals surface area contributed by atoms with Crippen LogP contribution in [0.1, 0.15) is 30.9 Å². The van der Waals surface area contributed by atoms with E-state index in [1.54, 1.807) is 0 Å². The molecule has 24 heavy (non-hydrogen) atoms. The number of hydrogen-bond donors (Lipinski definition) is 2. The number of hydrogen-bond acceptors (Lipinski definition) is 3. The molecule has 1 amide bonds. The molecule has 0 radical (unpaired) electrons. The second-order valence-corrected chi connectivity index (χ2v) is 5.95. The molecular weight excluding hydrogens is 300 g/mol. The third kappa shape index (κ3) is 5.61. The highest BCUT2D eigenvalue weighted by Crippen LogP contribution is 2.18. The van der Waals surface area contributed by atoms with Crippen molar-refractivity contribution in [3.63, 3.8) is 0 Å². The van der Waals surface area contributed by atoms with Crippen LogP contribution in [0, 0.1) is 13.8 Å². The van der Waals surface area contributed by atoms with Gasteiger partial charge in [0.2, 0.25) is 5.91 Å². The van der Waals surface area contributed by atoms with Crippen LogP contribution in [0.4, 0.5) is 11.4 Å². The third-order valence-corrected chi connectivity index (χ3v) is 3.72. The maximum Gasteiger partial charge on any atom is 0.243 e. The number of ether oxygens (including phenoxy) is 1. The van der Waals surface area contributed by atoms with Crippen LogP contribution in [0.3, 0.4) is 0 Å². The molecule has 0 spiro atoms. The lowest BCUT2D eigenvalue weighted by atomic mass is 10.1. The fraction of sp³-hybridized carbons (Fsp3) is 0.350. The number of aryl methyl sites for hydroxylation is 2. The van der Waals surface area contributed by atoms with Gasteiger partial charge in [-0.1, -0.05) is 31.5 Å². The summed E-state index contributed by atoms with van der Waals surface area (Å²) in [5, 5.41) is 6.08. The Bertz CT molecular complexity index is 683. The highest BCUT2D eigenvalue weighted by Gasteiger charge is 2.05. The third-order valence-electron chi connectivity index (χ3n) is 3.72. The summed E-state index contributed by atoms with van der Waals surface area (Å²) in [6, 6.07) is 13.7. The molecule has 0 aliphatic carbocycles. The van der Waals surface area contributed by atoms with Crippen molar-refractivity contribution in [3.05, 3.63) is 53.6 Å². The zero-order chi connectivity index (χ0) is 17.4. The predicted octanol–water partition coefficient (Wildman–Crippen LogP) is 4.53. The summed E-state index contributed by atoms with van der Waals surface area (Å²) in [4.78, 5) is 12.1. The van der Waals surface area contributed by atoms with Gasteiger partial charge in [0, 0.05) is 17.4 Å². The molecule has 0 bridgehead atoms. The Hall–Kier alpha value is -2.49. The molecule has 2 rings (SSSR count). The zero-order valence-corrected chi connectivity index (χ0v) is 14.7. The average Bonchev–Trinajstić information content (AvgIpc) is 2.56. The van der Waals surface area contributed by atoms with Gasteiger partial charge in [0.25, 0.3) is 0 Å². The van der Waals surface area contributed by atoms with E-state index in [1.165, 1.54) is 5.56 Å². The molecular formula is C20H26N2O2. The molecule has 4 heteroatoms. The number of nitrogens with one attached hydrogen (secondary N) is 2. The minimum atomic E-state index is -0.0818. The first-order chi connectivity index (χ1) is 11.6. The molecule has 2 aromatic carbocycles. The molecule has 0 heterocycles. The van der Waals surface area contributed by atoms with E-state index in [9.17, 15) is 4.79 Å². The molecule has 0 aliphatic rings. The highest BCUT2D eigenvalue weighted by molar-refractivity contribution is 5.94. The summed E-state index contributed by atoms with van der Waals surface area (Å²) < 4.78 is 5.66. The van der Waals surface area contributed by atoms with Crippen LogP contribution in [0.5, 0.6) is 5.75 Å². The van der Waals surface area contributed by atoms with Crippen molar-refractivity contribution in [2.75, 3.05) is 23.8 Å². The summed E-state index contributed by atoms with van der Waals surface area (Å²) in [7, 11) is 0. The van der Waals surface area contributed by atoms with E-state index in [1.807, 2.05) is 50.2 Å². The number of rotatable bonds is 8. The SMILES string of the molecule is CCCCOc1cccc(NC(=O)CNc2cc(C)ccc2C)c1. The molecule has 0 unspecified atom stereocenters. The molecule has 0 fully saturated rings. The van der Waals surface area contributed by atoms with Crippen molar-refractivity contribution in [3.8, 4) is 5.75 Å². The Labute approximate surface area is 144 Å². The van der Waals surface area contributed by atoms with E-state index in [2.05, 4.69) is 23.6 Å². The van der Waals surface area contributed by atoms with Gasteiger partial charge in [0.1, 0.15) is 5.75 Å². The van der Waals surface area contributed by atoms with Crippen LogP contribution in [0.2, 0.25) is 0 Å². The Kier molecular flexibility index (Phi) is 6.67. The van der Waals surface area contributed by atoms with Gasteiger partial charge in [0.05, 0.1) is 13.2 Å². The summed E-state index contributed by atoms with van der Waals surface area (Å²) in [5.74, 6) is 0.699. The van der Waals surface area contributed by atoms with Crippen LogP contribution in [-0.2, 0) is 4.79 Å². The summed E-state index contributed by atoms with van der Waals surface area (Å²) in [5.41, 5.74) is 4.03. The quantitative estimate of drug-likeness (QED) is 0.701. The minimum Gasteiger partial charge on any atom is -0.494 e. The number of unbranched alkanes of at least 4 members (excludes halogenated alkanes) is 1. The largest absolute Gasteiger partial charge is 0.494 e. The van der Waals surface area contributed by atoms with Gasteiger partial charge < -0.3 is 15.4 Å². The van der Waals surface area contributed by atoms with Crippen molar-refractivity contribution >= 4 is 17.3 Å². The monoisotopic (exact) mass is 326 g/mol. The van der Waals surface area contributed by atoms with Gasteiger partial charge in [-0.15, -0.1) is 0 Å². The van der Waals surface area contributed by atoms with Crippen LogP contribution < -0.4 is 15.4 Å². The van der Waals surface area contributed by atoms with E-state index in [0.717, 1.165) is 35.5 Å². The number of carbonyl (C=O) groups is 1. The van der Waals surface area contributed by atoms with E-state index in [-0.39, 0.29) is 12.5 Å².